The number of nitrogens with one attached hydrogen (secondary N) is 1. The predicted octanol–water partition coefficient (Wildman–Crippen LogP) is 0.212. The van der Waals surface area contributed by atoms with Crippen molar-refractivity contribution in [3.8, 4) is 0 Å². The molecule has 0 aromatic rings. The summed E-state index contributed by atoms with van der Waals surface area (Å²) in [5.41, 5.74) is -0.858. The van der Waals surface area contributed by atoms with Crippen LogP contribution in [0.4, 0.5) is 0 Å². The average molecular weight is 175 g/mol. The van der Waals surface area contributed by atoms with Gasteiger partial charge in [-0.1, -0.05) is 13.8 Å². The van der Waals surface area contributed by atoms with Gasteiger partial charge in [-0.3, -0.25) is 10.1 Å². The summed E-state index contributed by atoms with van der Waals surface area (Å²) in [5, 5.41) is 20.3. The fourth-order valence-corrected chi connectivity index (χ4v) is 1.17. The lowest BCUT2D eigenvalue weighted by atomic mass is 9.93. The zero-order chi connectivity index (χ0) is 9.61. The minimum Gasteiger partial charge on any atom is -0.480 e. The van der Waals surface area contributed by atoms with Crippen LogP contribution in [0.3, 0.4) is 0 Å². The van der Waals surface area contributed by atoms with E-state index in [-0.39, 0.29) is 6.61 Å². The zero-order valence-corrected chi connectivity index (χ0v) is 7.63. The molecule has 0 aliphatic heterocycles. The second kappa shape index (κ2) is 5.11. The maximum Gasteiger partial charge on any atom is 0.323 e. The molecule has 0 aromatic carbocycles. The van der Waals surface area contributed by atoms with Crippen molar-refractivity contribution in [2.45, 2.75) is 32.2 Å². The molecule has 4 heteroatoms. The van der Waals surface area contributed by atoms with Crippen molar-refractivity contribution >= 4 is 5.97 Å². The van der Waals surface area contributed by atoms with Crippen LogP contribution in [0.15, 0.2) is 0 Å². The Balaban J connectivity index is 4.25. The van der Waals surface area contributed by atoms with Gasteiger partial charge >= 0.3 is 5.97 Å². The number of carboxylic acid groups (broad SMARTS) is 1. The number of hydrogen-bond donors (Lipinski definition) is 3. The third-order valence-electron chi connectivity index (χ3n) is 2.19. The maximum absolute atomic E-state index is 10.8. The third kappa shape index (κ3) is 2.46. The number of β-amino-alcohol motifs (C(OH)–C–C–N with tert-alkyl or cyclic N) is 1. The molecule has 0 atom stereocenters. The fourth-order valence-electron chi connectivity index (χ4n) is 1.17. The zero-order valence-electron chi connectivity index (χ0n) is 7.63. The minimum absolute atomic E-state index is 0.0327. The van der Waals surface area contributed by atoms with Crippen LogP contribution in [0, 0.1) is 0 Å². The minimum atomic E-state index is -0.858. The highest BCUT2D eigenvalue weighted by Crippen LogP contribution is 2.14. The number of hydrogen-bond acceptors (Lipinski definition) is 3. The summed E-state index contributed by atoms with van der Waals surface area (Å²) >= 11 is 0. The van der Waals surface area contributed by atoms with Crippen molar-refractivity contribution < 1.29 is 15.0 Å². The second-order valence-electron chi connectivity index (χ2n) is 2.74. The van der Waals surface area contributed by atoms with E-state index in [2.05, 4.69) is 5.32 Å². The van der Waals surface area contributed by atoms with E-state index in [1.165, 1.54) is 0 Å². The van der Waals surface area contributed by atoms with Gasteiger partial charge in [0.05, 0.1) is 6.61 Å². The number of aliphatic hydroxyl groups excluding tert-OH is 1. The molecule has 72 valence electrons. The summed E-state index contributed by atoms with van der Waals surface area (Å²) in [6.45, 7) is 3.94. The van der Waals surface area contributed by atoms with Crippen LogP contribution in [-0.4, -0.2) is 34.9 Å². The molecule has 0 rings (SSSR count). The molecule has 0 aliphatic rings. The molecule has 0 saturated heterocycles. The molecule has 4 nitrogen and oxygen atoms in total. The first-order valence-corrected chi connectivity index (χ1v) is 4.22. The highest BCUT2D eigenvalue weighted by molar-refractivity contribution is 5.78. The molecule has 0 radical (unpaired) electrons. The molecule has 0 aliphatic carbocycles. The van der Waals surface area contributed by atoms with E-state index >= 15 is 0 Å². The lowest BCUT2D eigenvalue weighted by molar-refractivity contribution is -0.145. The van der Waals surface area contributed by atoms with Gasteiger partial charge in [0.2, 0.25) is 0 Å². The first kappa shape index (κ1) is 11.4. The van der Waals surface area contributed by atoms with E-state index in [0.29, 0.717) is 19.4 Å². The lowest BCUT2D eigenvalue weighted by Crippen LogP contribution is -2.52. The Kier molecular flexibility index (Phi) is 4.85. The van der Waals surface area contributed by atoms with Crippen molar-refractivity contribution in [1.29, 1.82) is 0 Å². The van der Waals surface area contributed by atoms with Crippen molar-refractivity contribution in [3.05, 3.63) is 0 Å². The number of carbonyl (C=O) groups is 1. The van der Waals surface area contributed by atoms with Crippen molar-refractivity contribution in [2.75, 3.05) is 13.2 Å². The normalized spacial score (nSPS) is 11.6. The van der Waals surface area contributed by atoms with Crippen LogP contribution in [0.5, 0.6) is 0 Å². The maximum atomic E-state index is 10.8. The SMILES string of the molecule is CCC(CC)(NCCO)C(=O)O. The predicted molar refractivity (Wildman–Crippen MR) is 46.0 cm³/mol. The molecule has 0 heterocycles. The monoisotopic (exact) mass is 175 g/mol. The molecule has 3 N–H and O–H groups in total. The Morgan fingerprint density at radius 2 is 1.92 bits per heavy atom. The summed E-state index contributed by atoms with van der Waals surface area (Å²) in [5.74, 6) is -0.846. The molecular weight excluding hydrogens is 158 g/mol. The van der Waals surface area contributed by atoms with Crippen molar-refractivity contribution in [2.24, 2.45) is 0 Å². The second-order valence-corrected chi connectivity index (χ2v) is 2.74. The quantitative estimate of drug-likeness (QED) is 0.540. The number of aliphatic hydroxyl groups is 1. The molecule has 0 unspecified atom stereocenters. The van der Waals surface area contributed by atoms with Crippen LogP contribution in [0.25, 0.3) is 0 Å². The van der Waals surface area contributed by atoms with E-state index in [0.717, 1.165) is 0 Å². The van der Waals surface area contributed by atoms with Gasteiger partial charge in [0.15, 0.2) is 0 Å². The Morgan fingerprint density at radius 3 is 2.17 bits per heavy atom. The summed E-state index contributed by atoms with van der Waals surface area (Å²) in [7, 11) is 0. The van der Waals surface area contributed by atoms with Gasteiger partial charge in [0.1, 0.15) is 5.54 Å². The third-order valence-corrected chi connectivity index (χ3v) is 2.19. The first-order valence-electron chi connectivity index (χ1n) is 4.22. The molecule has 0 saturated carbocycles. The van der Waals surface area contributed by atoms with Gasteiger partial charge < -0.3 is 10.2 Å². The van der Waals surface area contributed by atoms with E-state index in [9.17, 15) is 4.79 Å². The molecule has 0 bridgehead atoms. The summed E-state index contributed by atoms with van der Waals surface area (Å²) in [6, 6.07) is 0. The highest BCUT2D eigenvalue weighted by Gasteiger charge is 2.33. The van der Waals surface area contributed by atoms with Gasteiger partial charge in [0.25, 0.3) is 0 Å². The molecule has 0 spiro atoms. The number of carboxylic acids is 1. The standard InChI is InChI=1S/C8H17NO3/c1-3-8(4-2,7(11)12)9-5-6-10/h9-10H,3-6H2,1-2H3,(H,11,12). The van der Waals surface area contributed by atoms with E-state index in [1.807, 2.05) is 13.8 Å². The summed E-state index contributed by atoms with van der Waals surface area (Å²) in [4.78, 5) is 10.8. The summed E-state index contributed by atoms with van der Waals surface area (Å²) < 4.78 is 0. The fraction of sp³-hybridized carbons (Fsp3) is 0.875. The average Bonchev–Trinajstić information content (AvgIpc) is 2.07. The van der Waals surface area contributed by atoms with Crippen LogP contribution >= 0.6 is 0 Å². The van der Waals surface area contributed by atoms with Crippen molar-refractivity contribution in [3.63, 3.8) is 0 Å². The Bertz CT molecular complexity index is 143. The first-order chi connectivity index (χ1) is 5.63. The van der Waals surface area contributed by atoms with Crippen LogP contribution in [0.2, 0.25) is 0 Å². The highest BCUT2D eigenvalue weighted by atomic mass is 16.4. The van der Waals surface area contributed by atoms with E-state index in [4.69, 9.17) is 10.2 Å². The molecule has 0 amide bonds. The van der Waals surface area contributed by atoms with Gasteiger partial charge in [-0.25, -0.2) is 0 Å². The molecular formula is C8H17NO3. The lowest BCUT2D eigenvalue weighted by Gasteiger charge is -2.27. The van der Waals surface area contributed by atoms with Crippen LogP contribution in [-0.2, 0) is 4.79 Å². The summed E-state index contributed by atoms with van der Waals surface area (Å²) in [6.07, 6.45) is 1.05. The Labute approximate surface area is 72.6 Å². The van der Waals surface area contributed by atoms with Gasteiger partial charge in [0, 0.05) is 6.54 Å². The number of rotatable bonds is 6. The van der Waals surface area contributed by atoms with Gasteiger partial charge in [-0.15, -0.1) is 0 Å². The smallest absolute Gasteiger partial charge is 0.323 e. The molecule has 12 heavy (non-hydrogen) atoms. The number of aliphatic carboxylic acids is 1. The van der Waals surface area contributed by atoms with Gasteiger partial charge in [-0.05, 0) is 12.8 Å². The van der Waals surface area contributed by atoms with Gasteiger partial charge in [-0.2, -0.15) is 0 Å². The molecule has 0 fully saturated rings. The van der Waals surface area contributed by atoms with Crippen LogP contribution < -0.4 is 5.32 Å². The largest absolute Gasteiger partial charge is 0.480 e. The Hall–Kier alpha value is -0.610. The van der Waals surface area contributed by atoms with Crippen molar-refractivity contribution in [1.82, 2.24) is 5.32 Å². The van der Waals surface area contributed by atoms with E-state index < -0.39 is 11.5 Å². The van der Waals surface area contributed by atoms with Crippen LogP contribution in [0.1, 0.15) is 26.7 Å². The molecule has 0 aromatic heterocycles. The topological polar surface area (TPSA) is 69.6 Å². The Morgan fingerprint density at radius 1 is 1.42 bits per heavy atom. The van der Waals surface area contributed by atoms with E-state index in [1.54, 1.807) is 0 Å².